The van der Waals surface area contributed by atoms with Gasteiger partial charge in [-0.25, -0.2) is 0 Å². The van der Waals surface area contributed by atoms with Gasteiger partial charge >= 0.3 is 204 Å². The van der Waals surface area contributed by atoms with Crippen LogP contribution in [0.15, 0.2) is 53.4 Å². The number of halogens is 2. The van der Waals surface area contributed by atoms with Gasteiger partial charge in [0.05, 0.1) is 0 Å². The van der Waals surface area contributed by atoms with Crippen molar-refractivity contribution in [3.63, 3.8) is 0 Å². The van der Waals surface area contributed by atoms with Crippen molar-refractivity contribution in [2.75, 3.05) is 11.9 Å². The standard InChI is InChI=1S/C26H24F2N2O4S/c1-3-4-10-23-29(2)35(33)22-12-17-16-11-18(26(31)32)24(27)25(28)19(16)14-34-21(17)13-20(22)30(23)15-8-6-5-7-9-15/h5-9,11-13,23H,3-4,10,14H2,1-2H3,(H,31,32)/t23-/m0/s1. The number of nitrogens with zero attached hydrogens (tertiary/aromatic N) is 2. The fourth-order valence-corrected chi connectivity index (χ4v) is 6.03. The van der Waals surface area contributed by atoms with Gasteiger partial charge in [-0.3, -0.25) is 0 Å². The molecule has 9 heteroatoms. The molecule has 0 amide bonds. The van der Waals surface area contributed by atoms with Crippen LogP contribution in [0.5, 0.6) is 5.75 Å². The van der Waals surface area contributed by atoms with Gasteiger partial charge in [0.2, 0.25) is 0 Å². The van der Waals surface area contributed by atoms with Crippen molar-refractivity contribution >= 4 is 28.2 Å². The Kier molecular flexibility index (Phi) is 6.16. The molecular weight excluding hydrogens is 474 g/mol. The molecule has 5 rings (SSSR count). The van der Waals surface area contributed by atoms with E-state index in [1.807, 2.05) is 30.3 Å². The van der Waals surface area contributed by atoms with Crippen LogP contribution in [-0.2, 0) is 21.5 Å². The molecule has 0 radical (unpaired) electrons. The number of rotatable bonds is 5. The summed E-state index contributed by atoms with van der Waals surface area (Å²) in [6.07, 6.45) is 2.57. The number of carboxylic acid groups (broad SMARTS) is 1. The summed E-state index contributed by atoms with van der Waals surface area (Å²) in [6, 6.07) is 14.3. The summed E-state index contributed by atoms with van der Waals surface area (Å²) in [5.41, 5.74) is 1.43. The van der Waals surface area contributed by atoms with Crippen LogP contribution in [-0.4, -0.2) is 28.6 Å². The Morgan fingerprint density at radius 1 is 1.17 bits per heavy atom. The van der Waals surface area contributed by atoms with Gasteiger partial charge in [0, 0.05) is 0 Å². The zero-order chi connectivity index (χ0) is 24.9. The van der Waals surface area contributed by atoms with Crippen LogP contribution in [0.4, 0.5) is 20.2 Å². The molecule has 0 aromatic heterocycles. The third-order valence-corrected chi connectivity index (χ3v) is 8.01. The molecule has 0 saturated heterocycles. The van der Waals surface area contributed by atoms with E-state index in [2.05, 4.69) is 11.8 Å². The Hall–Kier alpha value is -3.14. The number of para-hydroxylation sites is 1. The van der Waals surface area contributed by atoms with E-state index in [9.17, 15) is 22.7 Å². The summed E-state index contributed by atoms with van der Waals surface area (Å²) in [6.45, 7) is 1.87. The quantitative estimate of drug-likeness (QED) is 0.342. The summed E-state index contributed by atoms with van der Waals surface area (Å²) in [7, 11) is 0.268. The number of benzene rings is 3. The van der Waals surface area contributed by atoms with Crippen LogP contribution in [0.25, 0.3) is 11.1 Å². The van der Waals surface area contributed by atoms with E-state index in [0.29, 0.717) is 21.9 Å². The summed E-state index contributed by atoms with van der Waals surface area (Å²) in [5, 5.41) is 9.37. The predicted octanol–water partition coefficient (Wildman–Crippen LogP) is 6.06. The third-order valence-electron chi connectivity index (χ3n) is 6.54. The van der Waals surface area contributed by atoms with Gasteiger partial charge in [0.25, 0.3) is 0 Å². The van der Waals surface area contributed by atoms with Crippen LogP contribution < -0.4 is 9.64 Å². The molecule has 0 bridgehead atoms. The Morgan fingerprint density at radius 2 is 1.91 bits per heavy atom. The van der Waals surface area contributed by atoms with Crippen molar-refractivity contribution in [2.45, 2.75) is 43.9 Å². The second-order valence-electron chi connectivity index (χ2n) is 8.61. The average Bonchev–Trinajstić information content (AvgIpc) is 2.86. The van der Waals surface area contributed by atoms with E-state index in [1.54, 1.807) is 23.5 Å². The number of ether oxygens (including phenoxy) is 1. The first-order chi connectivity index (χ1) is 16.8. The first-order valence-corrected chi connectivity index (χ1v) is 12.5. The molecule has 2 aliphatic heterocycles. The van der Waals surface area contributed by atoms with E-state index in [0.717, 1.165) is 31.0 Å². The number of aromatic carboxylic acids is 1. The number of carbonyl (C=O) groups is 1. The molecule has 6 nitrogen and oxygen atoms in total. The Morgan fingerprint density at radius 3 is 2.60 bits per heavy atom. The van der Waals surface area contributed by atoms with E-state index >= 15 is 0 Å². The molecule has 182 valence electrons. The maximum absolute atomic E-state index is 14.7. The fraction of sp³-hybridized carbons (Fsp3) is 0.269. The Labute approximate surface area is 204 Å². The SMILES string of the molecule is CCCC[C@@H]1N(c2ccccc2)c2cc3c(cc2[S-](#[O+])N1C)-c1cc(C(=O)O)c(F)c(F)c1CO3. The maximum atomic E-state index is 14.7. The minimum absolute atomic E-state index is 0.0596. The van der Waals surface area contributed by atoms with Gasteiger partial charge in [0.15, 0.2) is 0 Å². The first kappa shape index (κ1) is 23.6. The van der Waals surface area contributed by atoms with Gasteiger partial charge in [0.1, 0.15) is 0 Å². The van der Waals surface area contributed by atoms with E-state index in [4.69, 9.17) is 4.74 Å². The zero-order valence-electron chi connectivity index (χ0n) is 19.3. The number of anilines is 2. The molecular formula is C26H24F2N2O4S. The molecule has 3 aromatic rings. The third kappa shape index (κ3) is 3.84. The monoisotopic (exact) mass is 498 g/mol. The number of hydrogen-bond acceptors (Lipinski definition) is 5. The average molecular weight is 499 g/mol. The minimum atomic E-state index is -1.56. The molecule has 0 fully saturated rings. The van der Waals surface area contributed by atoms with Gasteiger partial charge in [-0.1, -0.05) is 0 Å². The van der Waals surface area contributed by atoms with Crippen molar-refractivity contribution in [3.8, 4) is 16.9 Å². The number of unbranched alkanes of at least 4 members (excludes halogenated alkanes) is 1. The Balaban J connectivity index is 1.73. The summed E-state index contributed by atoms with van der Waals surface area (Å²) < 4.78 is 50.3. The van der Waals surface area contributed by atoms with Crippen molar-refractivity contribution in [1.29, 1.82) is 0 Å². The van der Waals surface area contributed by atoms with Crippen molar-refractivity contribution < 1.29 is 27.5 Å². The number of fused-ring (bicyclic) bond motifs is 4. The fourth-order valence-electron chi connectivity index (χ4n) is 4.74. The summed E-state index contributed by atoms with van der Waals surface area (Å²) in [4.78, 5) is 14.1. The molecule has 3 aromatic carbocycles. The molecule has 2 aliphatic rings. The van der Waals surface area contributed by atoms with Crippen LogP contribution >= 0.6 is 0 Å². The van der Waals surface area contributed by atoms with Crippen LogP contribution in [0.3, 0.4) is 0 Å². The van der Waals surface area contributed by atoms with Gasteiger partial charge in [-0.05, 0) is 0 Å². The number of hydrogen-bond donors (Lipinski definition) is 1. The van der Waals surface area contributed by atoms with Gasteiger partial charge < -0.3 is 0 Å². The molecule has 1 N–H and O–H groups in total. The van der Waals surface area contributed by atoms with E-state index in [1.165, 1.54) is 0 Å². The molecule has 1 atom stereocenters. The second-order valence-corrected chi connectivity index (χ2v) is 10.1. The van der Waals surface area contributed by atoms with Crippen molar-refractivity contribution in [2.24, 2.45) is 0 Å². The molecule has 0 spiro atoms. The zero-order valence-corrected chi connectivity index (χ0v) is 20.1. The van der Waals surface area contributed by atoms with E-state index in [-0.39, 0.29) is 23.9 Å². The summed E-state index contributed by atoms with van der Waals surface area (Å²) in [5.74, 6) is -3.83. The van der Waals surface area contributed by atoms with Crippen LogP contribution in [0, 0.1) is 11.6 Å². The molecule has 2 heterocycles. The van der Waals surface area contributed by atoms with Crippen LogP contribution in [0.2, 0.25) is 0 Å². The van der Waals surface area contributed by atoms with Crippen molar-refractivity contribution in [3.05, 3.63) is 71.3 Å². The summed E-state index contributed by atoms with van der Waals surface area (Å²) >= 11 is 0. The molecule has 35 heavy (non-hydrogen) atoms. The first-order valence-electron chi connectivity index (χ1n) is 11.4. The van der Waals surface area contributed by atoms with Gasteiger partial charge in [-0.15, -0.1) is 0 Å². The van der Waals surface area contributed by atoms with Crippen LogP contribution in [0.1, 0.15) is 42.1 Å². The predicted molar refractivity (Wildman–Crippen MR) is 129 cm³/mol. The topological polar surface area (TPSA) is 72.9 Å². The Bertz CT molecular complexity index is 1400. The molecule has 0 unspecified atom stereocenters. The number of carboxylic acids is 1. The van der Waals surface area contributed by atoms with Gasteiger partial charge in [-0.2, -0.15) is 0 Å². The second kappa shape index (κ2) is 9.14. The molecule has 0 saturated carbocycles. The van der Waals surface area contributed by atoms with Crippen molar-refractivity contribution in [1.82, 2.24) is 4.31 Å². The molecule has 0 aliphatic carbocycles. The van der Waals surface area contributed by atoms with E-state index < -0.39 is 34.0 Å². The normalized spacial score (nSPS) is 17.3.